The fraction of sp³-hybridized carbons (Fsp3) is 0.423. The van der Waals surface area contributed by atoms with E-state index in [-0.39, 0.29) is 35.7 Å². The Morgan fingerprint density at radius 1 is 0.971 bits per heavy atom. The van der Waals surface area contributed by atoms with Crippen LogP contribution in [0.15, 0.2) is 48.5 Å². The van der Waals surface area contributed by atoms with E-state index in [1.807, 2.05) is 24.3 Å². The minimum atomic E-state index is -0.734. The molecule has 2 aliphatic rings. The topological polar surface area (TPSA) is 105 Å². The molecular formula is C26H29ClN2O5. The van der Waals surface area contributed by atoms with E-state index < -0.39 is 5.97 Å². The summed E-state index contributed by atoms with van der Waals surface area (Å²) in [6.45, 7) is 0.702. The van der Waals surface area contributed by atoms with Gasteiger partial charge in [-0.1, -0.05) is 23.7 Å². The van der Waals surface area contributed by atoms with Gasteiger partial charge in [0.05, 0.1) is 12.0 Å². The number of nitrogens with one attached hydrogen (secondary N) is 2. The third-order valence-corrected chi connectivity index (χ3v) is 6.79. The fourth-order valence-electron chi connectivity index (χ4n) is 4.49. The van der Waals surface area contributed by atoms with Gasteiger partial charge in [0, 0.05) is 29.6 Å². The molecule has 2 amide bonds. The van der Waals surface area contributed by atoms with Gasteiger partial charge in [-0.15, -0.1) is 0 Å². The van der Waals surface area contributed by atoms with Gasteiger partial charge in [0.25, 0.3) is 5.91 Å². The van der Waals surface area contributed by atoms with Crippen molar-refractivity contribution in [1.29, 1.82) is 0 Å². The zero-order valence-corrected chi connectivity index (χ0v) is 19.6. The highest BCUT2D eigenvalue weighted by Gasteiger charge is 2.43. The van der Waals surface area contributed by atoms with Crippen LogP contribution in [-0.2, 0) is 9.59 Å². The van der Waals surface area contributed by atoms with Crippen LogP contribution in [0.1, 0.15) is 53.9 Å². The van der Waals surface area contributed by atoms with Crippen LogP contribution >= 0.6 is 11.6 Å². The first-order valence-corrected chi connectivity index (χ1v) is 12.1. The summed E-state index contributed by atoms with van der Waals surface area (Å²) in [5.74, 6) is -0.389. The molecule has 0 radical (unpaired) electrons. The number of ether oxygens (including phenoxy) is 1. The van der Waals surface area contributed by atoms with E-state index in [4.69, 9.17) is 21.4 Å². The van der Waals surface area contributed by atoms with Gasteiger partial charge >= 0.3 is 5.97 Å². The van der Waals surface area contributed by atoms with Crippen LogP contribution in [0.3, 0.4) is 0 Å². The van der Waals surface area contributed by atoms with Crippen molar-refractivity contribution in [2.75, 3.05) is 13.1 Å². The summed E-state index contributed by atoms with van der Waals surface area (Å²) in [5.41, 5.74) is 1.60. The minimum absolute atomic E-state index is 0.00175. The molecule has 34 heavy (non-hydrogen) atoms. The summed E-state index contributed by atoms with van der Waals surface area (Å²) >= 11 is 6.03. The van der Waals surface area contributed by atoms with Gasteiger partial charge in [-0.2, -0.15) is 0 Å². The lowest BCUT2D eigenvalue weighted by Gasteiger charge is -2.26. The molecule has 2 aromatic rings. The van der Waals surface area contributed by atoms with E-state index >= 15 is 0 Å². The van der Waals surface area contributed by atoms with Crippen LogP contribution in [0.25, 0.3) is 0 Å². The van der Waals surface area contributed by atoms with E-state index in [9.17, 15) is 14.4 Å². The first-order chi connectivity index (χ1) is 16.4. The number of hydrogen-bond donors (Lipinski definition) is 3. The molecular weight excluding hydrogens is 456 g/mol. The van der Waals surface area contributed by atoms with E-state index in [0.717, 1.165) is 12.0 Å². The molecule has 3 N–H and O–H groups in total. The average Bonchev–Trinajstić information content (AvgIpc) is 3.64. The first kappa shape index (κ1) is 24.1. The Labute approximate surface area is 203 Å². The molecule has 180 valence electrons. The number of amides is 2. The number of halogens is 1. The molecule has 2 saturated carbocycles. The molecule has 0 aliphatic heterocycles. The molecule has 0 unspecified atom stereocenters. The molecule has 2 atom stereocenters. The third-order valence-electron chi connectivity index (χ3n) is 6.56. The molecule has 2 aliphatic carbocycles. The monoisotopic (exact) mass is 484 g/mol. The van der Waals surface area contributed by atoms with Crippen molar-refractivity contribution in [2.45, 2.75) is 44.1 Å². The number of rotatable bonds is 9. The van der Waals surface area contributed by atoms with E-state index in [1.54, 1.807) is 24.3 Å². The van der Waals surface area contributed by atoms with Gasteiger partial charge in [0.15, 0.2) is 0 Å². The average molecular weight is 485 g/mol. The van der Waals surface area contributed by atoms with E-state index in [2.05, 4.69) is 10.6 Å². The second-order valence-corrected chi connectivity index (χ2v) is 9.44. The SMILES string of the molecule is O=C(NCCNC(=O)[C@H]1C[C@@H]1c1cccc(Cl)c1)c1ccc(O[C@H]2CC[C@@H](C(=O)O)CC2)cc1. The van der Waals surface area contributed by atoms with Crippen molar-refractivity contribution in [3.05, 3.63) is 64.7 Å². The Morgan fingerprint density at radius 2 is 1.68 bits per heavy atom. The molecule has 0 aromatic heterocycles. The Bertz CT molecular complexity index is 1030. The molecule has 0 saturated heterocycles. The van der Waals surface area contributed by atoms with Crippen molar-refractivity contribution in [1.82, 2.24) is 10.6 Å². The Hall–Kier alpha value is -3.06. The maximum atomic E-state index is 12.4. The molecule has 4 rings (SSSR count). The quantitative estimate of drug-likeness (QED) is 0.466. The second kappa shape index (κ2) is 10.9. The van der Waals surface area contributed by atoms with Gasteiger partial charge in [0.2, 0.25) is 5.91 Å². The van der Waals surface area contributed by atoms with Gasteiger partial charge in [-0.05, 0) is 80.0 Å². The summed E-state index contributed by atoms with van der Waals surface area (Å²) in [6.07, 6.45) is 3.49. The highest BCUT2D eigenvalue weighted by molar-refractivity contribution is 6.30. The minimum Gasteiger partial charge on any atom is -0.490 e. The predicted octanol–water partition coefficient (Wildman–Crippen LogP) is 4.01. The number of hydrogen-bond acceptors (Lipinski definition) is 4. The molecule has 0 bridgehead atoms. The van der Waals surface area contributed by atoms with Crippen molar-refractivity contribution in [3.63, 3.8) is 0 Å². The van der Waals surface area contributed by atoms with Gasteiger partial charge in [-0.25, -0.2) is 0 Å². The lowest BCUT2D eigenvalue weighted by molar-refractivity contribution is -0.143. The lowest BCUT2D eigenvalue weighted by Crippen LogP contribution is -2.35. The smallest absolute Gasteiger partial charge is 0.306 e. The third kappa shape index (κ3) is 6.29. The number of benzene rings is 2. The van der Waals surface area contributed by atoms with Gasteiger partial charge in [-0.3, -0.25) is 14.4 Å². The normalized spacial score (nSPS) is 23.6. The standard InChI is InChI=1S/C26H29ClN2O5/c27-19-3-1-2-18(14-19)22-15-23(22)25(31)29-13-12-28-24(30)16-4-8-20(9-5-16)34-21-10-6-17(7-11-21)26(32)33/h1-5,8-9,14,17,21-23H,6-7,10-13,15H2,(H,28,30)(H,29,31)(H,32,33)/t17-,21+,22-,23+/m1/s1. The van der Waals surface area contributed by atoms with Crippen LogP contribution in [0.2, 0.25) is 5.02 Å². The molecule has 0 heterocycles. The number of carbonyl (C=O) groups excluding carboxylic acids is 2. The van der Waals surface area contributed by atoms with Crippen molar-refractivity contribution in [2.24, 2.45) is 11.8 Å². The predicted molar refractivity (Wildman–Crippen MR) is 128 cm³/mol. The maximum Gasteiger partial charge on any atom is 0.306 e. The molecule has 2 fully saturated rings. The molecule has 7 nitrogen and oxygen atoms in total. The van der Waals surface area contributed by atoms with Crippen LogP contribution in [-0.4, -0.2) is 42.1 Å². The molecule has 2 aromatic carbocycles. The number of carbonyl (C=O) groups is 3. The van der Waals surface area contributed by atoms with Crippen molar-refractivity contribution in [3.8, 4) is 5.75 Å². The first-order valence-electron chi connectivity index (χ1n) is 11.7. The Kier molecular flexibility index (Phi) is 7.73. The zero-order chi connectivity index (χ0) is 24.1. The van der Waals surface area contributed by atoms with Crippen LogP contribution in [0.4, 0.5) is 0 Å². The molecule has 0 spiro atoms. The largest absolute Gasteiger partial charge is 0.490 e. The highest BCUT2D eigenvalue weighted by atomic mass is 35.5. The number of carboxylic acid groups (broad SMARTS) is 1. The summed E-state index contributed by atoms with van der Waals surface area (Å²) in [7, 11) is 0. The highest BCUT2D eigenvalue weighted by Crippen LogP contribution is 2.47. The van der Waals surface area contributed by atoms with Gasteiger partial charge in [0.1, 0.15) is 5.75 Å². The zero-order valence-electron chi connectivity index (χ0n) is 18.8. The summed E-state index contributed by atoms with van der Waals surface area (Å²) in [5, 5.41) is 15.5. The van der Waals surface area contributed by atoms with Crippen molar-refractivity contribution >= 4 is 29.4 Å². The van der Waals surface area contributed by atoms with Crippen LogP contribution in [0.5, 0.6) is 5.75 Å². The lowest BCUT2D eigenvalue weighted by atomic mass is 9.87. The number of carboxylic acids is 1. The summed E-state index contributed by atoms with van der Waals surface area (Å²) in [4.78, 5) is 35.8. The van der Waals surface area contributed by atoms with E-state index in [0.29, 0.717) is 55.1 Å². The number of aliphatic carboxylic acids is 1. The molecule has 8 heteroatoms. The summed E-state index contributed by atoms with van der Waals surface area (Å²) in [6, 6.07) is 14.5. The van der Waals surface area contributed by atoms with Crippen LogP contribution in [0, 0.1) is 11.8 Å². The summed E-state index contributed by atoms with van der Waals surface area (Å²) < 4.78 is 5.94. The Balaban J connectivity index is 1.14. The second-order valence-electron chi connectivity index (χ2n) is 9.00. The van der Waals surface area contributed by atoms with E-state index in [1.165, 1.54) is 0 Å². The fourth-order valence-corrected chi connectivity index (χ4v) is 4.69. The van der Waals surface area contributed by atoms with Crippen molar-refractivity contribution < 1.29 is 24.2 Å². The van der Waals surface area contributed by atoms with Gasteiger partial charge < -0.3 is 20.5 Å². The Morgan fingerprint density at radius 3 is 2.35 bits per heavy atom. The maximum absolute atomic E-state index is 12.4. The van der Waals surface area contributed by atoms with Crippen LogP contribution < -0.4 is 15.4 Å².